The molecule has 4 nitrogen and oxygen atoms in total. The van der Waals surface area contributed by atoms with Gasteiger partial charge in [0.2, 0.25) is 0 Å². The van der Waals surface area contributed by atoms with Crippen LogP contribution in [0.2, 0.25) is 0 Å². The molecule has 0 fully saturated rings. The molecule has 7 heteroatoms. The second-order valence-corrected chi connectivity index (χ2v) is 4.82. The summed E-state index contributed by atoms with van der Waals surface area (Å²) in [5.74, 6) is -3.05. The summed E-state index contributed by atoms with van der Waals surface area (Å²) in [4.78, 5) is 16.1. The lowest BCUT2D eigenvalue weighted by molar-refractivity contribution is 0.102. The van der Waals surface area contributed by atoms with Crippen LogP contribution >= 0.6 is 11.8 Å². The lowest BCUT2D eigenvalue weighted by atomic mass is 10.2. The molecule has 1 aromatic heterocycles. The zero-order chi connectivity index (χ0) is 14.5. The Kier molecular flexibility index (Phi) is 4.52. The third kappa shape index (κ3) is 3.45. The zero-order valence-electron chi connectivity index (χ0n) is 10.2. The van der Waals surface area contributed by atoms with E-state index in [0.29, 0.717) is 22.3 Å². The molecule has 2 aromatic rings. The summed E-state index contributed by atoms with van der Waals surface area (Å²) in [5, 5.41) is 2.56. The van der Waals surface area contributed by atoms with Crippen LogP contribution in [0.1, 0.15) is 10.4 Å². The monoisotopic (exact) mass is 295 g/mol. The number of pyridine rings is 1. The van der Waals surface area contributed by atoms with Crippen LogP contribution in [0.5, 0.6) is 0 Å². The van der Waals surface area contributed by atoms with Crippen molar-refractivity contribution in [2.24, 2.45) is 0 Å². The third-order valence-electron chi connectivity index (χ3n) is 2.45. The Hall–Kier alpha value is -2.15. The Labute approximate surface area is 118 Å². The first kappa shape index (κ1) is 14.3. The Morgan fingerprint density at radius 1 is 1.30 bits per heavy atom. The van der Waals surface area contributed by atoms with Crippen LogP contribution in [0, 0.1) is 0 Å². The van der Waals surface area contributed by atoms with Crippen LogP contribution in [0.15, 0.2) is 47.6 Å². The third-order valence-corrected chi connectivity index (χ3v) is 3.24. The molecule has 3 N–H and O–H groups in total. The maximum Gasteiger partial charge on any atom is 0.288 e. The summed E-state index contributed by atoms with van der Waals surface area (Å²) >= 11 is 0.371. The highest BCUT2D eigenvalue weighted by molar-refractivity contribution is 7.99. The van der Waals surface area contributed by atoms with E-state index in [1.807, 2.05) is 0 Å². The number of nitrogens with zero attached hydrogens (tertiary/aromatic N) is 1. The number of aromatic nitrogens is 1. The minimum Gasteiger partial charge on any atom is -0.398 e. The van der Waals surface area contributed by atoms with Crippen LogP contribution in [-0.4, -0.2) is 16.6 Å². The number of para-hydroxylation sites is 1. The number of rotatable bonds is 4. The topological polar surface area (TPSA) is 68.0 Å². The molecule has 0 bridgehead atoms. The molecule has 0 radical (unpaired) electrons. The van der Waals surface area contributed by atoms with Crippen LogP contribution in [0.4, 0.5) is 20.2 Å². The van der Waals surface area contributed by atoms with Crippen molar-refractivity contribution in [1.29, 1.82) is 0 Å². The summed E-state index contributed by atoms with van der Waals surface area (Å²) in [6.45, 7) is 0. The van der Waals surface area contributed by atoms with E-state index in [2.05, 4.69) is 10.3 Å². The Bertz CT molecular complexity index is 622. The molecular formula is C13H11F2N3OS. The molecule has 0 spiro atoms. The highest BCUT2D eigenvalue weighted by Crippen LogP contribution is 2.31. The number of hydrogen-bond acceptors (Lipinski definition) is 4. The second-order valence-electron chi connectivity index (χ2n) is 3.79. The van der Waals surface area contributed by atoms with E-state index in [-0.39, 0.29) is 11.3 Å². The molecule has 0 aliphatic heterocycles. The number of carbonyl (C=O) groups is 1. The van der Waals surface area contributed by atoms with Crippen molar-refractivity contribution in [3.63, 3.8) is 0 Å². The van der Waals surface area contributed by atoms with E-state index in [0.717, 1.165) is 0 Å². The Balaban J connectivity index is 2.22. The normalized spacial score (nSPS) is 10.6. The first-order valence-corrected chi connectivity index (χ1v) is 6.50. The van der Waals surface area contributed by atoms with Crippen molar-refractivity contribution < 1.29 is 13.6 Å². The van der Waals surface area contributed by atoms with Gasteiger partial charge in [-0.3, -0.25) is 9.78 Å². The number of hydrogen-bond donors (Lipinski definition) is 2. The fraction of sp³-hybridized carbons (Fsp3) is 0.0769. The molecule has 0 atom stereocenters. The van der Waals surface area contributed by atoms with Crippen molar-refractivity contribution in [3.05, 3.63) is 48.3 Å². The predicted octanol–water partition coefficient (Wildman–Crippen LogP) is 3.23. The summed E-state index contributed by atoms with van der Waals surface area (Å²) in [7, 11) is 0. The van der Waals surface area contributed by atoms with Gasteiger partial charge in [0.15, 0.2) is 0 Å². The summed E-state index contributed by atoms with van der Waals surface area (Å²) in [6, 6.07) is 7.83. The van der Waals surface area contributed by atoms with E-state index >= 15 is 0 Å². The Morgan fingerprint density at radius 3 is 2.75 bits per heavy atom. The maximum absolute atomic E-state index is 12.4. The molecule has 0 aliphatic carbocycles. The number of alkyl halides is 2. The van der Waals surface area contributed by atoms with Crippen molar-refractivity contribution in [2.45, 2.75) is 10.7 Å². The SMILES string of the molecule is Nc1ccncc1C(=O)Nc1ccccc1SC(F)F. The molecule has 0 saturated heterocycles. The number of nitrogens with one attached hydrogen (secondary N) is 1. The van der Waals surface area contributed by atoms with E-state index in [4.69, 9.17) is 5.73 Å². The van der Waals surface area contributed by atoms with Crippen molar-refractivity contribution in [3.8, 4) is 0 Å². The minimum absolute atomic E-state index is 0.198. The molecule has 104 valence electrons. The van der Waals surface area contributed by atoms with Gasteiger partial charge >= 0.3 is 0 Å². The molecule has 0 saturated carbocycles. The summed E-state index contributed by atoms with van der Waals surface area (Å²) < 4.78 is 24.9. The highest BCUT2D eigenvalue weighted by atomic mass is 32.2. The zero-order valence-corrected chi connectivity index (χ0v) is 11.0. The largest absolute Gasteiger partial charge is 0.398 e. The number of halogens is 2. The van der Waals surface area contributed by atoms with Gasteiger partial charge in [-0.2, -0.15) is 8.78 Å². The lowest BCUT2D eigenvalue weighted by Gasteiger charge is -2.11. The molecule has 1 amide bonds. The highest BCUT2D eigenvalue weighted by Gasteiger charge is 2.14. The fourth-order valence-electron chi connectivity index (χ4n) is 1.55. The first-order chi connectivity index (χ1) is 9.58. The summed E-state index contributed by atoms with van der Waals surface area (Å²) in [5.41, 5.74) is 6.45. The van der Waals surface area contributed by atoms with Crippen LogP contribution in [0.25, 0.3) is 0 Å². The van der Waals surface area contributed by atoms with E-state index in [1.54, 1.807) is 18.2 Å². The van der Waals surface area contributed by atoms with Gasteiger partial charge in [-0.15, -0.1) is 0 Å². The minimum atomic E-state index is -2.56. The molecule has 20 heavy (non-hydrogen) atoms. The number of amides is 1. The molecule has 0 unspecified atom stereocenters. The maximum atomic E-state index is 12.4. The van der Waals surface area contributed by atoms with Crippen LogP contribution < -0.4 is 11.1 Å². The van der Waals surface area contributed by atoms with Crippen molar-refractivity contribution in [2.75, 3.05) is 11.1 Å². The fourth-order valence-corrected chi connectivity index (χ4v) is 2.15. The average Bonchev–Trinajstić information content (AvgIpc) is 2.41. The van der Waals surface area contributed by atoms with Crippen LogP contribution in [-0.2, 0) is 0 Å². The molecule has 2 rings (SSSR count). The predicted molar refractivity (Wildman–Crippen MR) is 74.9 cm³/mol. The number of nitrogen functional groups attached to an aromatic ring is 1. The van der Waals surface area contributed by atoms with Crippen molar-refractivity contribution in [1.82, 2.24) is 4.98 Å². The van der Waals surface area contributed by atoms with E-state index < -0.39 is 11.7 Å². The number of thioether (sulfide) groups is 1. The molecular weight excluding hydrogens is 284 g/mol. The molecule has 0 aliphatic rings. The first-order valence-electron chi connectivity index (χ1n) is 5.62. The second kappa shape index (κ2) is 6.33. The number of anilines is 2. The van der Waals surface area contributed by atoms with Gasteiger partial charge in [-0.05, 0) is 18.2 Å². The van der Waals surface area contributed by atoms with E-state index in [9.17, 15) is 13.6 Å². The standard InChI is InChI=1S/C13H11F2N3OS/c14-13(15)20-11-4-2-1-3-10(11)18-12(19)8-7-17-6-5-9(8)16/h1-7,13H,(H2,16,17)(H,18,19). The average molecular weight is 295 g/mol. The molecule has 1 heterocycles. The van der Waals surface area contributed by atoms with Gasteiger partial charge in [-0.25, -0.2) is 0 Å². The van der Waals surface area contributed by atoms with Gasteiger partial charge in [0, 0.05) is 23.0 Å². The number of nitrogens with two attached hydrogens (primary N) is 1. The summed E-state index contributed by atoms with van der Waals surface area (Å²) in [6.07, 6.45) is 2.79. The smallest absolute Gasteiger partial charge is 0.288 e. The number of benzene rings is 1. The van der Waals surface area contributed by atoms with Gasteiger partial charge in [0.05, 0.1) is 11.3 Å². The van der Waals surface area contributed by atoms with Gasteiger partial charge in [0.1, 0.15) is 0 Å². The number of carbonyl (C=O) groups excluding carboxylic acids is 1. The van der Waals surface area contributed by atoms with E-state index in [1.165, 1.54) is 24.5 Å². The Morgan fingerprint density at radius 2 is 2.05 bits per heavy atom. The van der Waals surface area contributed by atoms with Crippen molar-refractivity contribution >= 4 is 29.0 Å². The van der Waals surface area contributed by atoms with Crippen LogP contribution in [0.3, 0.4) is 0 Å². The van der Waals surface area contributed by atoms with Gasteiger partial charge in [0.25, 0.3) is 11.7 Å². The van der Waals surface area contributed by atoms with Gasteiger partial charge in [-0.1, -0.05) is 23.9 Å². The molecule has 1 aromatic carbocycles. The lowest BCUT2D eigenvalue weighted by Crippen LogP contribution is -2.14. The van der Waals surface area contributed by atoms with Gasteiger partial charge < -0.3 is 11.1 Å². The quantitative estimate of drug-likeness (QED) is 0.850.